The van der Waals surface area contributed by atoms with Gasteiger partial charge >= 0.3 is 0 Å². The van der Waals surface area contributed by atoms with Crippen molar-refractivity contribution >= 4 is 0 Å². The van der Waals surface area contributed by atoms with Gasteiger partial charge < -0.3 is 0 Å². The fourth-order valence-electron chi connectivity index (χ4n) is 1.07. The van der Waals surface area contributed by atoms with E-state index in [4.69, 9.17) is 0 Å². The first-order valence-electron chi connectivity index (χ1n) is 4.46. The highest BCUT2D eigenvalue weighted by Crippen LogP contribution is 2.28. The summed E-state index contributed by atoms with van der Waals surface area (Å²) in [4.78, 5) is 0. The number of alkyl halides is 2. The van der Waals surface area contributed by atoms with Crippen LogP contribution >= 0.6 is 0 Å². The molecule has 0 spiro atoms. The molecule has 0 radical (unpaired) electrons. The summed E-state index contributed by atoms with van der Waals surface area (Å²) in [7, 11) is 0. The summed E-state index contributed by atoms with van der Waals surface area (Å²) in [5.41, 5.74) is 0.750. The Morgan fingerprint density at radius 2 is 1.54 bits per heavy atom. The highest BCUT2D eigenvalue weighted by Gasteiger charge is 2.25. The minimum absolute atomic E-state index is 0.111. The monoisotopic (exact) mass is 186 g/mol. The second-order valence-corrected chi connectivity index (χ2v) is 2.70. The molecule has 2 heteroatoms. The summed E-state index contributed by atoms with van der Waals surface area (Å²) in [6, 6.07) is 6.52. The van der Waals surface area contributed by atoms with Crippen LogP contribution in [-0.2, 0) is 5.92 Å². The number of aryl methyl sites for hydroxylation is 1. The van der Waals surface area contributed by atoms with Crippen molar-refractivity contribution in [3.63, 3.8) is 0 Å². The van der Waals surface area contributed by atoms with E-state index in [0.29, 0.717) is 5.56 Å². The highest BCUT2D eigenvalue weighted by atomic mass is 19.3. The molecule has 0 fully saturated rings. The molecule has 0 aromatic heterocycles. The molecule has 0 bridgehead atoms. The predicted molar refractivity (Wildman–Crippen MR) is 52.1 cm³/mol. The first-order valence-corrected chi connectivity index (χ1v) is 4.46. The van der Waals surface area contributed by atoms with E-state index in [1.54, 1.807) is 25.1 Å². The van der Waals surface area contributed by atoms with Crippen LogP contribution in [0, 0.1) is 6.92 Å². The third-order valence-corrected chi connectivity index (χ3v) is 1.62. The second-order valence-electron chi connectivity index (χ2n) is 2.70. The van der Waals surface area contributed by atoms with Crippen molar-refractivity contribution in [1.82, 2.24) is 0 Å². The minimum Gasteiger partial charge on any atom is -0.202 e. The van der Waals surface area contributed by atoms with Crippen LogP contribution in [0.4, 0.5) is 8.78 Å². The van der Waals surface area contributed by atoms with Gasteiger partial charge in [0, 0.05) is 12.5 Å². The van der Waals surface area contributed by atoms with Gasteiger partial charge in [-0.25, -0.2) is 8.78 Å². The second kappa shape index (κ2) is 4.95. The van der Waals surface area contributed by atoms with E-state index in [0.717, 1.165) is 6.92 Å². The number of hydrogen-bond donors (Lipinski definition) is 0. The van der Waals surface area contributed by atoms with Crippen LogP contribution in [0.25, 0.3) is 0 Å². The van der Waals surface area contributed by atoms with Crippen LogP contribution < -0.4 is 0 Å². The van der Waals surface area contributed by atoms with Gasteiger partial charge in [-0.2, -0.15) is 0 Å². The Bertz CT molecular complexity index is 249. The van der Waals surface area contributed by atoms with Crippen molar-refractivity contribution in [3.8, 4) is 0 Å². The number of benzene rings is 1. The first kappa shape index (κ1) is 12.1. The molecule has 74 valence electrons. The third kappa shape index (κ3) is 3.53. The number of rotatable bonds is 1. The van der Waals surface area contributed by atoms with Gasteiger partial charge in [0.2, 0.25) is 0 Å². The Labute approximate surface area is 78.6 Å². The zero-order chi connectivity index (χ0) is 10.5. The predicted octanol–water partition coefficient (Wildman–Crippen LogP) is 4.13. The SMILES string of the molecule is CC.Cc1ccccc1C(C)(F)F. The first-order chi connectivity index (χ1) is 6.02. The fraction of sp³-hybridized carbons (Fsp3) is 0.455. The van der Waals surface area contributed by atoms with E-state index in [1.807, 2.05) is 13.8 Å². The molecule has 0 aliphatic rings. The quantitative estimate of drug-likeness (QED) is 0.618. The van der Waals surface area contributed by atoms with Gasteiger partial charge in [-0.15, -0.1) is 0 Å². The lowest BCUT2D eigenvalue weighted by Gasteiger charge is -2.12. The molecule has 0 unspecified atom stereocenters. The molecule has 0 amide bonds. The average Bonchev–Trinajstić information content (AvgIpc) is 2.07. The highest BCUT2D eigenvalue weighted by molar-refractivity contribution is 5.28. The van der Waals surface area contributed by atoms with Gasteiger partial charge in [-0.3, -0.25) is 0 Å². The zero-order valence-electron chi connectivity index (χ0n) is 8.57. The van der Waals surface area contributed by atoms with Crippen LogP contribution in [0.2, 0.25) is 0 Å². The molecule has 0 saturated carbocycles. The number of hydrogen-bond acceptors (Lipinski definition) is 0. The molecule has 0 aliphatic heterocycles. The van der Waals surface area contributed by atoms with Crippen molar-refractivity contribution in [2.24, 2.45) is 0 Å². The van der Waals surface area contributed by atoms with E-state index in [-0.39, 0.29) is 5.56 Å². The molecule has 0 atom stereocenters. The molecular weight excluding hydrogens is 170 g/mol. The Morgan fingerprint density at radius 3 is 1.85 bits per heavy atom. The van der Waals surface area contributed by atoms with Crippen LogP contribution in [0.15, 0.2) is 24.3 Å². The van der Waals surface area contributed by atoms with Crippen LogP contribution in [0.3, 0.4) is 0 Å². The van der Waals surface area contributed by atoms with E-state index in [9.17, 15) is 8.78 Å². The Balaban J connectivity index is 0.000000671. The summed E-state index contributed by atoms with van der Waals surface area (Å²) < 4.78 is 25.4. The summed E-state index contributed by atoms with van der Waals surface area (Å²) in [5.74, 6) is -2.72. The summed E-state index contributed by atoms with van der Waals surface area (Å²) in [6.45, 7) is 6.60. The van der Waals surface area contributed by atoms with E-state index >= 15 is 0 Å². The standard InChI is InChI=1S/C9H10F2.C2H6/c1-7-5-3-4-6-8(7)9(2,10)11;1-2/h3-6H,1-2H3;1-2H3. The summed E-state index contributed by atoms with van der Waals surface area (Å²) in [5, 5.41) is 0. The van der Waals surface area contributed by atoms with Crippen molar-refractivity contribution in [2.45, 2.75) is 33.6 Å². The fourth-order valence-corrected chi connectivity index (χ4v) is 1.07. The number of halogens is 2. The molecule has 1 rings (SSSR count). The maximum atomic E-state index is 12.7. The Kier molecular flexibility index (Phi) is 4.60. The van der Waals surface area contributed by atoms with Gasteiger partial charge in [-0.05, 0) is 12.5 Å². The van der Waals surface area contributed by atoms with E-state index in [1.165, 1.54) is 6.07 Å². The molecular formula is C11H16F2. The van der Waals surface area contributed by atoms with Crippen LogP contribution in [0.1, 0.15) is 31.9 Å². The third-order valence-electron chi connectivity index (χ3n) is 1.62. The maximum Gasteiger partial charge on any atom is 0.270 e. The molecule has 0 nitrogen and oxygen atoms in total. The van der Waals surface area contributed by atoms with Crippen molar-refractivity contribution in [1.29, 1.82) is 0 Å². The normalized spacial score (nSPS) is 10.3. The van der Waals surface area contributed by atoms with Gasteiger partial charge in [-0.1, -0.05) is 38.1 Å². The maximum absolute atomic E-state index is 12.7. The molecule has 1 aromatic rings. The van der Waals surface area contributed by atoms with Gasteiger partial charge in [0.25, 0.3) is 5.92 Å². The van der Waals surface area contributed by atoms with Crippen molar-refractivity contribution in [3.05, 3.63) is 35.4 Å². The smallest absolute Gasteiger partial charge is 0.202 e. The van der Waals surface area contributed by atoms with Crippen molar-refractivity contribution < 1.29 is 8.78 Å². The van der Waals surface area contributed by atoms with E-state index < -0.39 is 5.92 Å². The largest absolute Gasteiger partial charge is 0.270 e. The Hall–Kier alpha value is -0.920. The molecule has 0 saturated heterocycles. The van der Waals surface area contributed by atoms with Gasteiger partial charge in [0.05, 0.1) is 0 Å². The minimum atomic E-state index is -2.72. The van der Waals surface area contributed by atoms with Crippen molar-refractivity contribution in [2.75, 3.05) is 0 Å². The molecule has 0 aliphatic carbocycles. The van der Waals surface area contributed by atoms with Gasteiger partial charge in [0.15, 0.2) is 0 Å². The lowest BCUT2D eigenvalue weighted by molar-refractivity contribution is 0.0168. The Morgan fingerprint density at radius 1 is 1.08 bits per heavy atom. The van der Waals surface area contributed by atoms with Crippen LogP contribution in [0.5, 0.6) is 0 Å². The molecule has 0 N–H and O–H groups in total. The lowest BCUT2D eigenvalue weighted by atomic mass is 10.0. The van der Waals surface area contributed by atoms with Gasteiger partial charge in [0.1, 0.15) is 0 Å². The molecule has 13 heavy (non-hydrogen) atoms. The molecule has 0 heterocycles. The molecule has 1 aromatic carbocycles. The summed E-state index contributed by atoms with van der Waals surface area (Å²) >= 11 is 0. The topological polar surface area (TPSA) is 0 Å². The summed E-state index contributed by atoms with van der Waals surface area (Å²) in [6.07, 6.45) is 0. The zero-order valence-corrected chi connectivity index (χ0v) is 8.57. The van der Waals surface area contributed by atoms with E-state index in [2.05, 4.69) is 0 Å². The average molecular weight is 186 g/mol. The lowest BCUT2D eigenvalue weighted by Crippen LogP contribution is -2.08. The van der Waals surface area contributed by atoms with Crippen LogP contribution in [-0.4, -0.2) is 0 Å².